The Hall–Kier alpha value is -2.90. The number of piperazine rings is 1. The Morgan fingerprint density at radius 3 is 2.64 bits per heavy atom. The van der Waals surface area contributed by atoms with Crippen molar-refractivity contribution in [3.63, 3.8) is 0 Å². The zero-order valence-corrected chi connectivity index (χ0v) is 14.5. The Morgan fingerprint density at radius 2 is 1.96 bits per heavy atom. The highest BCUT2D eigenvalue weighted by Gasteiger charge is 2.20. The first-order valence-corrected chi connectivity index (χ1v) is 8.48. The van der Waals surface area contributed by atoms with Gasteiger partial charge in [0.05, 0.1) is 6.20 Å². The fraction of sp³-hybridized carbons (Fsp3) is 0.412. The molecule has 8 nitrogen and oxygen atoms in total. The van der Waals surface area contributed by atoms with Crippen LogP contribution in [0, 0.1) is 0 Å². The molecule has 2 N–H and O–H groups in total. The van der Waals surface area contributed by atoms with E-state index in [1.807, 2.05) is 25.4 Å². The van der Waals surface area contributed by atoms with Gasteiger partial charge in [0.15, 0.2) is 5.96 Å². The molecule has 1 saturated heterocycles. The largest absolute Gasteiger partial charge is 0.367 e. The van der Waals surface area contributed by atoms with Crippen LogP contribution in [0.1, 0.15) is 0 Å². The van der Waals surface area contributed by atoms with Crippen LogP contribution in [0.3, 0.4) is 0 Å². The first kappa shape index (κ1) is 16.9. The van der Waals surface area contributed by atoms with Crippen LogP contribution in [0.15, 0.2) is 48.0 Å². The third kappa shape index (κ3) is 4.79. The van der Waals surface area contributed by atoms with Gasteiger partial charge in [-0.3, -0.25) is 9.98 Å². The molecule has 0 spiro atoms. The van der Waals surface area contributed by atoms with Crippen molar-refractivity contribution in [2.45, 2.75) is 0 Å². The third-order valence-electron chi connectivity index (χ3n) is 4.04. The Bertz CT molecular complexity index is 653. The minimum Gasteiger partial charge on any atom is -0.367 e. The first-order valence-electron chi connectivity index (χ1n) is 8.48. The average Bonchev–Trinajstić information content (AvgIpc) is 2.70. The molecule has 0 radical (unpaired) electrons. The van der Waals surface area contributed by atoms with E-state index < -0.39 is 0 Å². The molecular weight excluding hydrogens is 316 g/mol. The number of pyridine rings is 1. The summed E-state index contributed by atoms with van der Waals surface area (Å²) in [5, 5.41) is 6.62. The number of nitrogens with one attached hydrogen (secondary N) is 2. The summed E-state index contributed by atoms with van der Waals surface area (Å²) in [6.45, 7) is 5.25. The van der Waals surface area contributed by atoms with Crippen LogP contribution in [0.5, 0.6) is 0 Å². The molecule has 0 saturated carbocycles. The summed E-state index contributed by atoms with van der Waals surface area (Å²) in [6, 6.07) is 6.03. The molecule has 0 aromatic carbocycles. The van der Waals surface area contributed by atoms with Gasteiger partial charge in [-0.25, -0.2) is 9.97 Å². The number of aromatic nitrogens is 3. The van der Waals surface area contributed by atoms with E-state index in [0.29, 0.717) is 0 Å². The molecule has 0 aliphatic carbocycles. The Kier molecular flexibility index (Phi) is 5.97. The van der Waals surface area contributed by atoms with E-state index in [1.165, 1.54) is 0 Å². The van der Waals surface area contributed by atoms with Crippen molar-refractivity contribution in [2.75, 3.05) is 56.5 Å². The second-order valence-corrected chi connectivity index (χ2v) is 5.65. The molecule has 132 valence electrons. The molecule has 0 amide bonds. The molecule has 1 aliphatic heterocycles. The Balaban J connectivity index is 1.42. The number of anilines is 2. The van der Waals surface area contributed by atoms with E-state index in [4.69, 9.17) is 0 Å². The van der Waals surface area contributed by atoms with Gasteiger partial charge in [-0.2, -0.15) is 0 Å². The lowest BCUT2D eigenvalue weighted by atomic mass is 10.3. The highest BCUT2D eigenvalue weighted by Crippen LogP contribution is 2.12. The lowest BCUT2D eigenvalue weighted by Gasteiger charge is -2.37. The Labute approximate surface area is 148 Å². The lowest BCUT2D eigenvalue weighted by Crippen LogP contribution is -2.53. The maximum absolute atomic E-state index is 4.42. The van der Waals surface area contributed by atoms with Crippen LogP contribution in [0.2, 0.25) is 0 Å². The molecule has 1 fully saturated rings. The lowest BCUT2D eigenvalue weighted by molar-refractivity contribution is 0.372. The number of guanidine groups is 1. The third-order valence-corrected chi connectivity index (χ3v) is 4.04. The first-order chi connectivity index (χ1) is 12.4. The zero-order valence-electron chi connectivity index (χ0n) is 14.5. The summed E-state index contributed by atoms with van der Waals surface area (Å²) in [6.07, 6.45) is 6.89. The maximum atomic E-state index is 4.42. The van der Waals surface area contributed by atoms with Crippen molar-refractivity contribution < 1.29 is 0 Å². The normalized spacial score (nSPS) is 15.2. The van der Waals surface area contributed by atoms with E-state index in [1.54, 1.807) is 18.6 Å². The molecule has 0 bridgehead atoms. The zero-order chi connectivity index (χ0) is 17.3. The van der Waals surface area contributed by atoms with Crippen molar-refractivity contribution >= 4 is 17.6 Å². The van der Waals surface area contributed by atoms with Crippen molar-refractivity contribution in [2.24, 2.45) is 4.99 Å². The SMILES string of the molecule is CN=C(NCCNc1cnccn1)N1CCN(c2ccccn2)CC1. The number of hydrogen-bond donors (Lipinski definition) is 2. The summed E-state index contributed by atoms with van der Waals surface area (Å²) in [5.74, 6) is 2.75. The molecule has 0 unspecified atom stereocenters. The van der Waals surface area contributed by atoms with E-state index in [2.05, 4.69) is 46.4 Å². The fourth-order valence-electron chi connectivity index (χ4n) is 2.78. The van der Waals surface area contributed by atoms with E-state index in [0.717, 1.165) is 56.9 Å². The number of rotatable bonds is 5. The van der Waals surface area contributed by atoms with Gasteiger partial charge >= 0.3 is 0 Å². The van der Waals surface area contributed by atoms with Gasteiger partial charge in [0.1, 0.15) is 11.6 Å². The van der Waals surface area contributed by atoms with E-state index in [-0.39, 0.29) is 0 Å². The average molecular weight is 340 g/mol. The van der Waals surface area contributed by atoms with E-state index in [9.17, 15) is 0 Å². The van der Waals surface area contributed by atoms with Gasteiger partial charge in [-0.05, 0) is 12.1 Å². The summed E-state index contributed by atoms with van der Waals surface area (Å²) < 4.78 is 0. The van der Waals surface area contributed by atoms with Crippen LogP contribution in [-0.2, 0) is 0 Å². The number of nitrogens with zero attached hydrogens (tertiary/aromatic N) is 6. The van der Waals surface area contributed by atoms with E-state index >= 15 is 0 Å². The summed E-state index contributed by atoms with van der Waals surface area (Å²) >= 11 is 0. The van der Waals surface area contributed by atoms with Gasteiger partial charge in [0.25, 0.3) is 0 Å². The smallest absolute Gasteiger partial charge is 0.193 e. The molecule has 2 aromatic rings. The van der Waals surface area contributed by atoms with Crippen LogP contribution in [0.25, 0.3) is 0 Å². The molecule has 1 aliphatic rings. The fourth-order valence-corrected chi connectivity index (χ4v) is 2.78. The summed E-state index contributed by atoms with van der Waals surface area (Å²) in [4.78, 5) is 21.6. The molecular formula is C17H24N8. The molecule has 0 atom stereocenters. The van der Waals surface area contributed by atoms with Crippen molar-refractivity contribution in [3.8, 4) is 0 Å². The highest BCUT2D eigenvalue weighted by atomic mass is 15.4. The van der Waals surface area contributed by atoms with Crippen LogP contribution < -0.4 is 15.5 Å². The monoisotopic (exact) mass is 340 g/mol. The molecule has 8 heteroatoms. The predicted molar refractivity (Wildman–Crippen MR) is 99.9 cm³/mol. The number of hydrogen-bond acceptors (Lipinski definition) is 6. The maximum Gasteiger partial charge on any atom is 0.193 e. The van der Waals surface area contributed by atoms with Gasteiger partial charge in [0.2, 0.25) is 0 Å². The Morgan fingerprint density at radius 1 is 1.08 bits per heavy atom. The predicted octanol–water partition coefficient (Wildman–Crippen LogP) is 0.681. The van der Waals surface area contributed by atoms with Gasteiger partial charge in [-0.1, -0.05) is 6.07 Å². The standard InChI is InChI=1S/C17H24N8/c1-18-17(23-9-8-21-15-14-19-6-7-20-15)25-12-10-24(11-13-25)16-4-2-3-5-22-16/h2-7,14H,8-13H2,1H3,(H,18,23)(H,20,21). The van der Waals surface area contributed by atoms with Crippen LogP contribution in [0.4, 0.5) is 11.6 Å². The van der Waals surface area contributed by atoms with Crippen molar-refractivity contribution in [1.82, 2.24) is 25.2 Å². The number of aliphatic imine (C=N–C) groups is 1. The van der Waals surface area contributed by atoms with Crippen molar-refractivity contribution in [3.05, 3.63) is 43.0 Å². The van der Waals surface area contributed by atoms with Crippen molar-refractivity contribution in [1.29, 1.82) is 0 Å². The molecule has 25 heavy (non-hydrogen) atoms. The molecule has 3 heterocycles. The summed E-state index contributed by atoms with van der Waals surface area (Å²) in [7, 11) is 1.82. The molecule has 2 aromatic heterocycles. The van der Waals surface area contributed by atoms with Gasteiger partial charge in [-0.15, -0.1) is 0 Å². The quantitative estimate of drug-likeness (QED) is 0.471. The highest BCUT2D eigenvalue weighted by molar-refractivity contribution is 5.80. The topological polar surface area (TPSA) is 81.6 Å². The minimum atomic E-state index is 0.756. The van der Waals surface area contributed by atoms with Gasteiger partial charge in [0, 0.05) is 64.9 Å². The second kappa shape index (κ2) is 8.81. The van der Waals surface area contributed by atoms with Crippen LogP contribution >= 0.6 is 0 Å². The second-order valence-electron chi connectivity index (χ2n) is 5.65. The van der Waals surface area contributed by atoms with Crippen LogP contribution in [-0.4, -0.2) is 72.1 Å². The molecule has 3 rings (SSSR count). The summed E-state index contributed by atoms with van der Waals surface area (Å²) in [5.41, 5.74) is 0. The van der Waals surface area contributed by atoms with Gasteiger partial charge < -0.3 is 20.4 Å². The minimum absolute atomic E-state index is 0.756.